The van der Waals surface area contributed by atoms with E-state index in [4.69, 9.17) is 12.2 Å². The van der Waals surface area contributed by atoms with E-state index in [-0.39, 0.29) is 0 Å². The van der Waals surface area contributed by atoms with Crippen molar-refractivity contribution in [2.45, 2.75) is 26.1 Å². The molecule has 2 aromatic rings. The molecule has 3 heterocycles. The van der Waals surface area contributed by atoms with Crippen LogP contribution in [0.4, 0.5) is 5.82 Å². The first kappa shape index (κ1) is 12.1. The van der Waals surface area contributed by atoms with Gasteiger partial charge in [-0.05, 0) is 23.3 Å². The molecule has 4 nitrogen and oxygen atoms in total. The van der Waals surface area contributed by atoms with Gasteiger partial charge < -0.3 is 15.2 Å². The summed E-state index contributed by atoms with van der Waals surface area (Å²) in [5.41, 5.74) is 5.31. The Labute approximate surface area is 122 Å². The Kier molecular flexibility index (Phi) is 2.82. The van der Waals surface area contributed by atoms with E-state index in [9.17, 15) is 0 Å². The normalized spacial score (nSPS) is 16.9. The monoisotopic (exact) mass is 284 g/mol. The van der Waals surface area contributed by atoms with Gasteiger partial charge in [0, 0.05) is 43.9 Å². The van der Waals surface area contributed by atoms with Crippen LogP contribution >= 0.6 is 12.2 Å². The fourth-order valence-electron chi connectivity index (χ4n) is 3.10. The number of aromatic nitrogens is 2. The first-order valence-electron chi connectivity index (χ1n) is 6.96. The van der Waals surface area contributed by atoms with Crippen LogP contribution in [0.3, 0.4) is 0 Å². The first-order chi connectivity index (χ1) is 9.81. The Hall–Kier alpha value is -1.72. The molecule has 0 bridgehead atoms. The first-order valence-corrected chi connectivity index (χ1v) is 7.36. The number of benzene rings is 1. The average molecular weight is 284 g/mol. The van der Waals surface area contributed by atoms with Gasteiger partial charge in [-0.2, -0.15) is 0 Å². The second-order valence-electron chi connectivity index (χ2n) is 5.37. The van der Waals surface area contributed by atoms with Gasteiger partial charge in [-0.15, -0.1) is 0 Å². The molecule has 20 heavy (non-hydrogen) atoms. The van der Waals surface area contributed by atoms with Crippen molar-refractivity contribution in [3.05, 3.63) is 51.4 Å². The number of hydrogen-bond donors (Lipinski definition) is 2. The molecule has 2 aliphatic heterocycles. The summed E-state index contributed by atoms with van der Waals surface area (Å²) in [6.07, 6.45) is 0.995. The van der Waals surface area contributed by atoms with Gasteiger partial charge in [-0.1, -0.05) is 24.3 Å². The van der Waals surface area contributed by atoms with Crippen molar-refractivity contribution in [1.29, 1.82) is 0 Å². The molecule has 0 atom stereocenters. The van der Waals surface area contributed by atoms with E-state index >= 15 is 0 Å². The maximum absolute atomic E-state index is 5.29. The van der Waals surface area contributed by atoms with Crippen LogP contribution in [0.15, 0.2) is 24.3 Å². The Bertz CT molecular complexity index is 697. The van der Waals surface area contributed by atoms with Gasteiger partial charge >= 0.3 is 0 Å². The molecule has 2 N–H and O–H groups in total. The van der Waals surface area contributed by atoms with Crippen LogP contribution in [0.5, 0.6) is 0 Å². The van der Waals surface area contributed by atoms with Crippen LogP contribution in [0.25, 0.3) is 0 Å². The summed E-state index contributed by atoms with van der Waals surface area (Å²) in [6, 6.07) is 8.60. The summed E-state index contributed by atoms with van der Waals surface area (Å²) >= 11 is 5.29. The molecule has 0 fully saturated rings. The zero-order valence-electron chi connectivity index (χ0n) is 11.1. The van der Waals surface area contributed by atoms with Gasteiger partial charge in [0.05, 0.1) is 0 Å². The van der Waals surface area contributed by atoms with E-state index in [1.807, 2.05) is 0 Å². The standard InChI is InChI=1S/C15H16N4S/c20-15-17-13-5-6-16-7-12(13)14(18-15)19-8-10-3-1-2-4-11(10)9-19/h1-4,16H,5-9H2,(H,17,18,20). The highest BCUT2D eigenvalue weighted by atomic mass is 32.1. The SMILES string of the molecule is S=c1nc(N2Cc3ccccc3C2)c2c([nH]1)CCNC2. The summed E-state index contributed by atoms with van der Waals surface area (Å²) in [7, 11) is 0. The summed E-state index contributed by atoms with van der Waals surface area (Å²) in [6.45, 7) is 3.72. The fraction of sp³-hybridized carbons (Fsp3) is 0.333. The van der Waals surface area contributed by atoms with Gasteiger partial charge in [-0.25, -0.2) is 4.98 Å². The second kappa shape index (κ2) is 4.68. The molecular weight excluding hydrogens is 268 g/mol. The number of fused-ring (bicyclic) bond motifs is 2. The van der Waals surface area contributed by atoms with Crippen LogP contribution in [-0.2, 0) is 26.1 Å². The minimum atomic E-state index is 0.594. The lowest BCUT2D eigenvalue weighted by Gasteiger charge is -2.25. The molecule has 1 aromatic carbocycles. The van der Waals surface area contributed by atoms with Crippen molar-refractivity contribution in [3.8, 4) is 0 Å². The van der Waals surface area contributed by atoms with E-state index in [2.05, 4.69) is 44.5 Å². The maximum Gasteiger partial charge on any atom is 0.198 e. The molecule has 5 heteroatoms. The summed E-state index contributed by atoms with van der Waals surface area (Å²) in [5.74, 6) is 1.05. The summed E-state index contributed by atoms with van der Waals surface area (Å²) < 4.78 is 0.594. The quantitative estimate of drug-likeness (QED) is 0.789. The molecule has 1 aromatic heterocycles. The van der Waals surface area contributed by atoms with Crippen LogP contribution < -0.4 is 10.2 Å². The zero-order chi connectivity index (χ0) is 13.5. The third-order valence-corrected chi connectivity index (χ3v) is 4.29. The lowest BCUT2D eigenvalue weighted by molar-refractivity contribution is 0.620. The van der Waals surface area contributed by atoms with Crippen molar-refractivity contribution in [1.82, 2.24) is 15.3 Å². The van der Waals surface area contributed by atoms with Crippen LogP contribution in [0.1, 0.15) is 22.4 Å². The van der Waals surface area contributed by atoms with Crippen LogP contribution in [0.2, 0.25) is 0 Å². The molecule has 0 radical (unpaired) electrons. The number of anilines is 1. The fourth-order valence-corrected chi connectivity index (χ4v) is 3.31. The van der Waals surface area contributed by atoms with Gasteiger partial charge in [0.15, 0.2) is 4.77 Å². The van der Waals surface area contributed by atoms with E-state index in [0.29, 0.717) is 4.77 Å². The predicted molar refractivity (Wildman–Crippen MR) is 81.2 cm³/mol. The predicted octanol–water partition coefficient (Wildman–Crippen LogP) is 2.31. The zero-order valence-corrected chi connectivity index (χ0v) is 12.0. The Morgan fingerprint density at radius 3 is 2.65 bits per heavy atom. The molecule has 0 amide bonds. The molecule has 0 saturated heterocycles. The van der Waals surface area contributed by atoms with E-state index in [0.717, 1.165) is 38.4 Å². The maximum atomic E-state index is 5.29. The lowest BCUT2D eigenvalue weighted by atomic mass is 10.1. The highest BCUT2D eigenvalue weighted by Gasteiger charge is 2.24. The average Bonchev–Trinajstić information content (AvgIpc) is 2.90. The van der Waals surface area contributed by atoms with Gasteiger partial charge in [0.25, 0.3) is 0 Å². The minimum Gasteiger partial charge on any atom is -0.348 e. The van der Waals surface area contributed by atoms with Crippen molar-refractivity contribution < 1.29 is 0 Å². The molecule has 0 spiro atoms. The molecule has 0 unspecified atom stereocenters. The molecule has 102 valence electrons. The second-order valence-corrected chi connectivity index (χ2v) is 5.76. The molecular formula is C15H16N4S. The summed E-state index contributed by atoms with van der Waals surface area (Å²) in [4.78, 5) is 10.2. The smallest absolute Gasteiger partial charge is 0.198 e. The highest BCUT2D eigenvalue weighted by Crippen LogP contribution is 2.30. The van der Waals surface area contributed by atoms with E-state index in [1.54, 1.807) is 0 Å². The van der Waals surface area contributed by atoms with E-state index < -0.39 is 0 Å². The van der Waals surface area contributed by atoms with Gasteiger partial charge in [-0.3, -0.25) is 0 Å². The number of aromatic amines is 1. The number of nitrogens with one attached hydrogen (secondary N) is 2. The third kappa shape index (κ3) is 1.94. The summed E-state index contributed by atoms with van der Waals surface area (Å²) in [5, 5.41) is 3.42. The Balaban J connectivity index is 1.77. The van der Waals surface area contributed by atoms with Crippen molar-refractivity contribution >= 4 is 18.0 Å². The van der Waals surface area contributed by atoms with Gasteiger partial charge in [0.2, 0.25) is 0 Å². The lowest BCUT2D eigenvalue weighted by Crippen LogP contribution is -2.29. The minimum absolute atomic E-state index is 0.594. The molecule has 4 rings (SSSR count). The van der Waals surface area contributed by atoms with Crippen LogP contribution in [0, 0.1) is 4.77 Å². The largest absolute Gasteiger partial charge is 0.348 e. The van der Waals surface area contributed by atoms with Crippen LogP contribution in [-0.4, -0.2) is 16.5 Å². The van der Waals surface area contributed by atoms with Crippen molar-refractivity contribution in [2.24, 2.45) is 0 Å². The topological polar surface area (TPSA) is 44.0 Å². The van der Waals surface area contributed by atoms with Gasteiger partial charge in [0.1, 0.15) is 5.82 Å². The number of hydrogen-bond acceptors (Lipinski definition) is 4. The van der Waals surface area contributed by atoms with E-state index in [1.165, 1.54) is 22.4 Å². The molecule has 2 aliphatic rings. The third-order valence-electron chi connectivity index (χ3n) is 4.09. The van der Waals surface area contributed by atoms with Crippen molar-refractivity contribution in [2.75, 3.05) is 11.4 Å². The molecule has 0 saturated carbocycles. The highest BCUT2D eigenvalue weighted by molar-refractivity contribution is 7.71. The Morgan fingerprint density at radius 1 is 1.15 bits per heavy atom. The van der Waals surface area contributed by atoms with Crippen molar-refractivity contribution in [3.63, 3.8) is 0 Å². The molecule has 0 aliphatic carbocycles. The number of rotatable bonds is 1. The Morgan fingerprint density at radius 2 is 1.90 bits per heavy atom. The number of nitrogens with zero attached hydrogens (tertiary/aromatic N) is 2. The number of H-pyrrole nitrogens is 1.